The number of benzene rings is 2. The van der Waals surface area contributed by atoms with Crippen LogP contribution in [-0.2, 0) is 41.9 Å². The van der Waals surface area contributed by atoms with Crippen LogP contribution in [0.1, 0.15) is 83.2 Å². The molecule has 0 unspecified atom stereocenters. The maximum absolute atomic E-state index is 14.4. The fraction of sp³-hybridized carbons (Fsp3) is 0.682. The molecule has 4 fully saturated rings. The molecule has 3 aliphatic heterocycles. The number of nitrogens with one attached hydrogen (secondary N) is 1. The summed E-state index contributed by atoms with van der Waals surface area (Å²) in [5.41, 5.74) is 1.77. The lowest BCUT2D eigenvalue weighted by atomic mass is 9.83. The minimum Gasteiger partial charge on any atom is -0.459 e. The Bertz CT molecular complexity index is 1860. The molecule has 0 radical (unpaired) electrons. The number of aliphatic hydroxyl groups is 1. The minimum absolute atomic E-state index is 0.00463. The van der Waals surface area contributed by atoms with Crippen molar-refractivity contribution in [2.45, 2.75) is 121 Å². The number of sulfonamides is 1. The van der Waals surface area contributed by atoms with Crippen LogP contribution in [0.2, 0.25) is 0 Å². The lowest BCUT2D eigenvalue weighted by molar-refractivity contribution is -0.153. The molecule has 0 spiro atoms. The van der Waals surface area contributed by atoms with Crippen molar-refractivity contribution >= 4 is 37.5 Å². The summed E-state index contributed by atoms with van der Waals surface area (Å²) >= 11 is 1.60. The number of aliphatic hydroxyl groups excluding tert-OH is 1. The van der Waals surface area contributed by atoms with Gasteiger partial charge in [-0.1, -0.05) is 58.0 Å². The van der Waals surface area contributed by atoms with Crippen molar-refractivity contribution in [1.82, 2.24) is 19.5 Å². The van der Waals surface area contributed by atoms with Crippen molar-refractivity contribution in [1.29, 1.82) is 0 Å². The molecule has 0 bridgehead atoms. The van der Waals surface area contributed by atoms with Crippen LogP contribution in [0.4, 0.5) is 0 Å². The van der Waals surface area contributed by atoms with E-state index in [1.807, 2.05) is 50.2 Å². The van der Waals surface area contributed by atoms with Gasteiger partial charge in [-0.15, -0.1) is 11.3 Å². The van der Waals surface area contributed by atoms with E-state index in [-0.39, 0.29) is 48.9 Å². The average molecular weight is 825 g/mol. The van der Waals surface area contributed by atoms with E-state index in [1.54, 1.807) is 23.5 Å². The predicted octanol–water partition coefficient (Wildman–Crippen LogP) is 6.28. The van der Waals surface area contributed by atoms with Crippen molar-refractivity contribution in [2.24, 2.45) is 29.6 Å². The third-order valence-electron chi connectivity index (χ3n) is 12.4. The first kappa shape index (κ1) is 42.6. The second kappa shape index (κ2) is 19.3. The number of aromatic nitrogens is 1. The molecule has 57 heavy (non-hydrogen) atoms. The molecule has 2 aromatic carbocycles. The molecule has 6 atom stereocenters. The molecule has 11 nitrogen and oxygen atoms in total. The SMILES string of the molecule is CC(C)CN[C@H]1CO[C@@H]2OC[C@H](OC(=O)C[C@@H](Cc3ccccc3)[C@H](O)CN(CC(C)C)S(=O)(=O)c3ccc4nc(CC5CCC(N6CCCC6)CC5)sc4c3)[C@@H]21. The van der Waals surface area contributed by atoms with Gasteiger partial charge in [0.25, 0.3) is 0 Å². The molecule has 1 saturated carbocycles. The molecular weight excluding hydrogens is 761 g/mol. The average Bonchev–Trinajstić information content (AvgIpc) is 4.00. The number of nitrogens with zero attached hydrogens (tertiary/aromatic N) is 3. The number of hydrogen-bond donors (Lipinski definition) is 2. The number of likely N-dealkylation sites (tertiary alicyclic amines) is 1. The fourth-order valence-electron chi connectivity index (χ4n) is 9.34. The Morgan fingerprint density at radius 3 is 2.46 bits per heavy atom. The third-order valence-corrected chi connectivity index (χ3v) is 15.3. The van der Waals surface area contributed by atoms with Gasteiger partial charge in [0.1, 0.15) is 6.10 Å². The first-order chi connectivity index (χ1) is 27.4. The Morgan fingerprint density at radius 1 is 1.00 bits per heavy atom. The summed E-state index contributed by atoms with van der Waals surface area (Å²) in [6.07, 6.45) is 6.82. The number of hydrogen-bond acceptors (Lipinski definition) is 11. The zero-order chi connectivity index (χ0) is 40.1. The molecule has 1 aromatic heterocycles. The van der Waals surface area contributed by atoms with Gasteiger partial charge in [0, 0.05) is 37.5 Å². The van der Waals surface area contributed by atoms with E-state index >= 15 is 0 Å². The van der Waals surface area contributed by atoms with Crippen LogP contribution in [0, 0.1) is 29.6 Å². The monoisotopic (exact) mass is 824 g/mol. The van der Waals surface area contributed by atoms with Gasteiger partial charge in [0.05, 0.1) is 51.8 Å². The Kier molecular flexibility index (Phi) is 14.4. The normalized spacial score (nSPS) is 26.8. The smallest absolute Gasteiger partial charge is 0.306 e. The van der Waals surface area contributed by atoms with Gasteiger partial charge < -0.3 is 29.5 Å². The zero-order valence-corrected chi connectivity index (χ0v) is 35.9. The van der Waals surface area contributed by atoms with Gasteiger partial charge in [0.15, 0.2) is 6.29 Å². The number of carbonyl (C=O) groups excluding carboxylic acids is 1. The number of rotatable bonds is 18. The van der Waals surface area contributed by atoms with E-state index in [0.29, 0.717) is 24.9 Å². The zero-order valence-electron chi connectivity index (χ0n) is 34.3. The summed E-state index contributed by atoms with van der Waals surface area (Å²) in [7, 11) is -4.00. The van der Waals surface area contributed by atoms with Gasteiger partial charge in [-0.2, -0.15) is 4.31 Å². The molecular formula is C44H64N4O7S2. The highest BCUT2D eigenvalue weighted by Crippen LogP contribution is 2.36. The molecule has 3 saturated heterocycles. The third kappa shape index (κ3) is 10.8. The Balaban J connectivity index is 1.03. The highest BCUT2D eigenvalue weighted by molar-refractivity contribution is 7.89. The largest absolute Gasteiger partial charge is 0.459 e. The topological polar surface area (TPSA) is 131 Å². The highest BCUT2D eigenvalue weighted by Gasteiger charge is 2.50. The Hall–Kier alpha value is -2.49. The summed E-state index contributed by atoms with van der Waals surface area (Å²) < 4.78 is 48.9. The van der Waals surface area contributed by atoms with Crippen LogP contribution in [0.15, 0.2) is 53.4 Å². The summed E-state index contributed by atoms with van der Waals surface area (Å²) in [5, 5.41) is 16.5. The van der Waals surface area contributed by atoms with E-state index in [1.165, 1.54) is 55.9 Å². The van der Waals surface area contributed by atoms with E-state index in [4.69, 9.17) is 19.2 Å². The molecule has 7 rings (SSSR count). The van der Waals surface area contributed by atoms with E-state index in [2.05, 4.69) is 24.1 Å². The van der Waals surface area contributed by atoms with Crippen molar-refractivity contribution in [2.75, 3.05) is 45.9 Å². The summed E-state index contributed by atoms with van der Waals surface area (Å²) in [6.45, 7) is 12.4. The van der Waals surface area contributed by atoms with Crippen molar-refractivity contribution in [3.8, 4) is 0 Å². The van der Waals surface area contributed by atoms with Gasteiger partial charge in [-0.25, -0.2) is 13.4 Å². The van der Waals surface area contributed by atoms with Gasteiger partial charge in [-0.3, -0.25) is 4.79 Å². The van der Waals surface area contributed by atoms with E-state index in [0.717, 1.165) is 39.8 Å². The van der Waals surface area contributed by atoms with E-state index < -0.39 is 40.4 Å². The van der Waals surface area contributed by atoms with Crippen LogP contribution >= 0.6 is 11.3 Å². The fourth-order valence-corrected chi connectivity index (χ4v) is 12.2. The van der Waals surface area contributed by atoms with Crippen molar-refractivity contribution in [3.63, 3.8) is 0 Å². The Labute approximate surface area is 343 Å². The maximum Gasteiger partial charge on any atom is 0.306 e. The second-order valence-electron chi connectivity index (χ2n) is 17.8. The molecule has 3 aromatic rings. The van der Waals surface area contributed by atoms with Crippen LogP contribution in [0.5, 0.6) is 0 Å². The summed E-state index contributed by atoms with van der Waals surface area (Å²) in [6, 6.07) is 15.7. The molecule has 4 heterocycles. The van der Waals surface area contributed by atoms with Gasteiger partial charge in [-0.05, 0) is 106 Å². The number of thiazole rings is 1. The maximum atomic E-state index is 14.4. The molecule has 1 aliphatic carbocycles. The van der Waals surface area contributed by atoms with Gasteiger partial charge >= 0.3 is 5.97 Å². The summed E-state index contributed by atoms with van der Waals surface area (Å²) in [5.74, 6) is -0.0779. The Morgan fingerprint density at radius 2 is 1.74 bits per heavy atom. The van der Waals surface area contributed by atoms with Crippen LogP contribution in [-0.4, -0.2) is 110 Å². The number of esters is 1. The number of fused-ring (bicyclic) bond motifs is 2. The standard InChI is InChI=1S/C44H64N4O7S2/c1-29(2)24-45-37-27-53-44-43(37)39(28-54-44)55-42(50)22-33(20-31-10-6-5-7-11-31)38(49)26-48(25-30(3)4)57(51,52)35-16-17-36-40(23-35)56-41(46-36)21-32-12-14-34(15-13-32)47-18-8-9-19-47/h5-7,10-11,16-17,23,29-30,32-34,37-39,43-45,49H,8-9,12-15,18-22,24-28H2,1-4H3/t32?,33-,34?,37+,38-,39+,43+,44-/m1/s1. The van der Waals surface area contributed by atoms with Crippen molar-refractivity contribution in [3.05, 3.63) is 59.1 Å². The lowest BCUT2D eigenvalue weighted by Crippen LogP contribution is -2.44. The van der Waals surface area contributed by atoms with Crippen LogP contribution in [0.25, 0.3) is 10.2 Å². The molecule has 0 amide bonds. The molecule has 13 heteroatoms. The van der Waals surface area contributed by atoms with Crippen molar-refractivity contribution < 1.29 is 32.5 Å². The quantitative estimate of drug-likeness (QED) is 0.142. The summed E-state index contributed by atoms with van der Waals surface area (Å²) in [4.78, 5) is 21.5. The highest BCUT2D eigenvalue weighted by atomic mass is 32.2. The minimum atomic E-state index is -4.00. The number of carbonyl (C=O) groups is 1. The molecule has 2 N–H and O–H groups in total. The number of ether oxygens (including phenoxy) is 3. The van der Waals surface area contributed by atoms with Crippen LogP contribution < -0.4 is 5.32 Å². The second-order valence-corrected chi connectivity index (χ2v) is 20.9. The van der Waals surface area contributed by atoms with Crippen LogP contribution in [0.3, 0.4) is 0 Å². The lowest BCUT2D eigenvalue weighted by Gasteiger charge is -2.34. The first-order valence-corrected chi connectivity index (χ1v) is 23.7. The molecule has 314 valence electrons. The van der Waals surface area contributed by atoms with Gasteiger partial charge in [0.2, 0.25) is 10.0 Å². The first-order valence-electron chi connectivity index (χ1n) is 21.4. The van der Waals surface area contributed by atoms with E-state index in [9.17, 15) is 18.3 Å². The molecule has 4 aliphatic rings. The predicted molar refractivity (Wildman–Crippen MR) is 223 cm³/mol.